The summed E-state index contributed by atoms with van der Waals surface area (Å²) in [4.78, 5) is 13.1. The molecule has 27 heavy (non-hydrogen) atoms. The summed E-state index contributed by atoms with van der Waals surface area (Å²) >= 11 is 0. The zero-order valence-corrected chi connectivity index (χ0v) is 16.2. The van der Waals surface area contributed by atoms with E-state index in [0.29, 0.717) is 28.2 Å². The molecule has 1 atom stereocenters. The van der Waals surface area contributed by atoms with Gasteiger partial charge in [-0.2, -0.15) is 10.2 Å². The van der Waals surface area contributed by atoms with Crippen LogP contribution in [0.1, 0.15) is 51.8 Å². The molecule has 0 radical (unpaired) electrons. The fraction of sp³-hybridized carbons (Fsp3) is 0.526. The van der Waals surface area contributed by atoms with Gasteiger partial charge in [-0.1, -0.05) is 6.92 Å². The number of aromatic amines is 1. The number of pyridine rings is 1. The largest absolute Gasteiger partial charge is 0.384 e. The number of anilines is 1. The Bertz CT molecular complexity index is 1060. The highest BCUT2D eigenvalue weighted by molar-refractivity contribution is 5.97. The number of hydrogen-bond donors (Lipinski definition) is 3. The van der Waals surface area contributed by atoms with Crippen molar-refractivity contribution in [2.45, 2.75) is 51.7 Å². The van der Waals surface area contributed by atoms with Gasteiger partial charge in [-0.3, -0.25) is 14.6 Å². The van der Waals surface area contributed by atoms with Crippen LogP contribution in [-0.4, -0.2) is 29.7 Å². The standard InChI is InChI=1S/C19H26N6O2/c1-5-13(10-6-7-10)25-9-11(16-15(18(25)26)17(20)22-21-16)12-8-14(19(2,3)27)24(4)23-12/h8-10,13,27H,5-7H2,1-4H3,(H3,20,21,22)/t13-/m1/s1. The van der Waals surface area contributed by atoms with Crippen molar-refractivity contribution in [1.82, 2.24) is 24.5 Å². The minimum Gasteiger partial charge on any atom is -0.384 e. The van der Waals surface area contributed by atoms with Gasteiger partial charge in [0.15, 0.2) is 5.82 Å². The van der Waals surface area contributed by atoms with Gasteiger partial charge < -0.3 is 15.4 Å². The van der Waals surface area contributed by atoms with Gasteiger partial charge in [-0.05, 0) is 45.1 Å². The Balaban J connectivity index is 1.98. The number of nitrogen functional groups attached to an aromatic ring is 1. The molecule has 3 heterocycles. The summed E-state index contributed by atoms with van der Waals surface area (Å²) in [6.45, 7) is 5.54. The van der Waals surface area contributed by atoms with E-state index in [9.17, 15) is 9.90 Å². The highest BCUT2D eigenvalue weighted by Crippen LogP contribution is 2.42. The van der Waals surface area contributed by atoms with Gasteiger partial charge in [0.25, 0.3) is 5.56 Å². The van der Waals surface area contributed by atoms with Crippen molar-refractivity contribution in [1.29, 1.82) is 0 Å². The zero-order valence-electron chi connectivity index (χ0n) is 16.2. The molecule has 3 aromatic rings. The van der Waals surface area contributed by atoms with E-state index < -0.39 is 5.60 Å². The third kappa shape index (κ3) is 2.84. The van der Waals surface area contributed by atoms with E-state index in [1.165, 1.54) is 0 Å². The van der Waals surface area contributed by atoms with E-state index in [-0.39, 0.29) is 17.4 Å². The summed E-state index contributed by atoms with van der Waals surface area (Å²) in [5.41, 5.74) is 7.57. The third-order valence-electron chi connectivity index (χ3n) is 5.50. The fourth-order valence-corrected chi connectivity index (χ4v) is 4.01. The Morgan fingerprint density at radius 3 is 2.70 bits per heavy atom. The summed E-state index contributed by atoms with van der Waals surface area (Å²) < 4.78 is 3.47. The van der Waals surface area contributed by atoms with Crippen LogP contribution in [0.3, 0.4) is 0 Å². The predicted molar refractivity (Wildman–Crippen MR) is 104 cm³/mol. The topological polar surface area (TPSA) is 115 Å². The minimum atomic E-state index is -1.03. The number of nitrogens with two attached hydrogens (primary N) is 1. The molecular formula is C19H26N6O2. The molecule has 4 rings (SSSR count). The molecule has 0 bridgehead atoms. The molecule has 3 aromatic heterocycles. The number of H-pyrrole nitrogens is 1. The Hall–Kier alpha value is -2.61. The molecule has 4 N–H and O–H groups in total. The van der Waals surface area contributed by atoms with Gasteiger partial charge in [-0.25, -0.2) is 0 Å². The number of nitrogens with zero attached hydrogens (tertiary/aromatic N) is 4. The fourth-order valence-electron chi connectivity index (χ4n) is 4.01. The Morgan fingerprint density at radius 2 is 2.15 bits per heavy atom. The van der Waals surface area contributed by atoms with Crippen molar-refractivity contribution in [3.8, 4) is 11.3 Å². The first kappa shape index (κ1) is 17.8. The average molecular weight is 370 g/mol. The molecule has 0 amide bonds. The first-order chi connectivity index (χ1) is 12.7. The summed E-state index contributed by atoms with van der Waals surface area (Å²) in [7, 11) is 1.80. The molecular weight excluding hydrogens is 344 g/mol. The highest BCUT2D eigenvalue weighted by atomic mass is 16.3. The molecule has 1 aliphatic carbocycles. The van der Waals surface area contributed by atoms with Crippen LogP contribution in [0.4, 0.5) is 5.82 Å². The van der Waals surface area contributed by atoms with Crippen molar-refractivity contribution in [2.24, 2.45) is 13.0 Å². The lowest BCUT2D eigenvalue weighted by Crippen LogP contribution is -2.26. The Kier molecular flexibility index (Phi) is 3.92. The van der Waals surface area contributed by atoms with Crippen LogP contribution < -0.4 is 11.3 Å². The number of aliphatic hydroxyl groups is 1. The van der Waals surface area contributed by atoms with Gasteiger partial charge in [0.1, 0.15) is 11.0 Å². The van der Waals surface area contributed by atoms with Crippen molar-refractivity contribution in [3.63, 3.8) is 0 Å². The maximum Gasteiger partial charge on any atom is 0.264 e. The van der Waals surface area contributed by atoms with E-state index in [1.54, 1.807) is 30.1 Å². The minimum absolute atomic E-state index is 0.114. The van der Waals surface area contributed by atoms with Gasteiger partial charge >= 0.3 is 0 Å². The molecule has 0 saturated heterocycles. The lowest BCUT2D eigenvalue weighted by molar-refractivity contribution is 0.0696. The lowest BCUT2D eigenvalue weighted by Gasteiger charge is -2.19. The maximum atomic E-state index is 13.1. The number of nitrogens with one attached hydrogen (secondary N) is 1. The SMILES string of the molecule is CC[C@H](C1CC1)n1cc(-c2cc(C(C)(C)O)n(C)n2)c2[nH]nc(N)c2c1=O. The molecule has 144 valence electrons. The molecule has 0 unspecified atom stereocenters. The Labute approximate surface area is 157 Å². The van der Waals surface area contributed by atoms with Crippen molar-refractivity contribution in [2.75, 3.05) is 5.73 Å². The second-order valence-electron chi connectivity index (χ2n) is 8.02. The molecule has 1 aliphatic rings. The van der Waals surface area contributed by atoms with Crippen LogP contribution in [0.25, 0.3) is 22.2 Å². The molecule has 0 aliphatic heterocycles. The molecule has 8 heteroatoms. The Morgan fingerprint density at radius 1 is 1.44 bits per heavy atom. The first-order valence-electron chi connectivity index (χ1n) is 9.38. The number of aryl methyl sites for hydroxylation is 1. The second-order valence-corrected chi connectivity index (χ2v) is 8.02. The van der Waals surface area contributed by atoms with E-state index >= 15 is 0 Å². The average Bonchev–Trinajstić information content (AvgIpc) is 3.23. The first-order valence-corrected chi connectivity index (χ1v) is 9.38. The molecule has 1 fully saturated rings. The van der Waals surface area contributed by atoms with Crippen LogP contribution >= 0.6 is 0 Å². The van der Waals surface area contributed by atoms with E-state index in [1.807, 2.05) is 12.3 Å². The summed E-state index contributed by atoms with van der Waals surface area (Å²) in [6, 6.07) is 1.99. The highest BCUT2D eigenvalue weighted by Gasteiger charge is 2.33. The quantitative estimate of drug-likeness (QED) is 0.637. The molecule has 0 spiro atoms. The second kappa shape index (κ2) is 5.95. The summed E-state index contributed by atoms with van der Waals surface area (Å²) in [5, 5.41) is 22.3. The van der Waals surface area contributed by atoms with Gasteiger partial charge in [-0.15, -0.1) is 0 Å². The molecule has 8 nitrogen and oxygen atoms in total. The van der Waals surface area contributed by atoms with Crippen LogP contribution in [0.5, 0.6) is 0 Å². The third-order valence-corrected chi connectivity index (χ3v) is 5.50. The van der Waals surface area contributed by atoms with Crippen molar-refractivity contribution < 1.29 is 5.11 Å². The van der Waals surface area contributed by atoms with Crippen LogP contribution in [0, 0.1) is 5.92 Å². The van der Waals surface area contributed by atoms with Crippen LogP contribution in [0.15, 0.2) is 17.1 Å². The predicted octanol–water partition coefficient (Wildman–Crippen LogP) is 2.30. The van der Waals surface area contributed by atoms with Crippen molar-refractivity contribution in [3.05, 3.63) is 28.3 Å². The zero-order chi connectivity index (χ0) is 19.5. The van der Waals surface area contributed by atoms with Crippen molar-refractivity contribution >= 4 is 16.7 Å². The molecule has 1 saturated carbocycles. The number of rotatable bonds is 5. The van der Waals surface area contributed by atoms with Crippen LogP contribution in [-0.2, 0) is 12.6 Å². The summed E-state index contributed by atoms with van der Waals surface area (Å²) in [5.74, 6) is 0.733. The summed E-state index contributed by atoms with van der Waals surface area (Å²) in [6.07, 6.45) is 5.03. The van der Waals surface area contributed by atoms with E-state index in [4.69, 9.17) is 5.73 Å². The number of aromatic nitrogens is 5. The van der Waals surface area contributed by atoms with E-state index in [2.05, 4.69) is 22.2 Å². The smallest absolute Gasteiger partial charge is 0.264 e. The maximum absolute atomic E-state index is 13.1. The van der Waals surface area contributed by atoms with Gasteiger partial charge in [0.05, 0.1) is 16.9 Å². The molecule has 0 aromatic carbocycles. The normalized spacial score (nSPS) is 16.2. The van der Waals surface area contributed by atoms with Gasteiger partial charge in [0.2, 0.25) is 0 Å². The van der Waals surface area contributed by atoms with Crippen LogP contribution in [0.2, 0.25) is 0 Å². The monoisotopic (exact) mass is 370 g/mol. The van der Waals surface area contributed by atoms with E-state index in [0.717, 1.165) is 24.8 Å². The number of hydrogen-bond acceptors (Lipinski definition) is 5. The van der Waals surface area contributed by atoms with Gasteiger partial charge in [0, 0.05) is 24.8 Å². The number of fused-ring (bicyclic) bond motifs is 1. The lowest BCUT2D eigenvalue weighted by atomic mass is 10.0.